The Kier molecular flexibility index (Phi) is 7.55. The third kappa shape index (κ3) is 6.09. The molecule has 1 amide bonds. The van der Waals surface area contributed by atoms with Gasteiger partial charge in [0.2, 0.25) is 5.91 Å². The maximum atomic E-state index is 11.8. The summed E-state index contributed by atoms with van der Waals surface area (Å²) in [5, 5.41) is 2.93. The number of hydrogen-bond donors (Lipinski definition) is 2. The smallest absolute Gasteiger partial charge is 0.234 e. The van der Waals surface area contributed by atoms with Gasteiger partial charge < -0.3 is 15.8 Å². The molecule has 1 aromatic rings. The molecule has 0 aliphatic carbocycles. The van der Waals surface area contributed by atoms with Crippen LogP contribution >= 0.6 is 11.8 Å². The molecule has 1 rings (SSSR count). The van der Waals surface area contributed by atoms with Gasteiger partial charge >= 0.3 is 0 Å². The summed E-state index contributed by atoms with van der Waals surface area (Å²) in [6.45, 7) is 5.80. The van der Waals surface area contributed by atoms with Crippen LogP contribution in [0.1, 0.15) is 11.1 Å². The highest BCUT2D eigenvalue weighted by atomic mass is 32.2. The number of thioether (sulfide) groups is 1. The molecule has 0 heterocycles. The quantitative estimate of drug-likeness (QED) is 0.715. The fourth-order valence-corrected chi connectivity index (χ4v) is 2.18. The second-order valence-electron chi connectivity index (χ2n) is 4.25. The van der Waals surface area contributed by atoms with Crippen molar-refractivity contribution < 1.29 is 9.53 Å². The van der Waals surface area contributed by atoms with Crippen LogP contribution in [0.5, 0.6) is 0 Å². The first-order chi connectivity index (χ1) is 9.15. The highest BCUT2D eigenvalue weighted by Crippen LogP contribution is 2.18. The minimum Gasteiger partial charge on any atom is -0.379 e. The molecule has 0 aliphatic rings. The number of rotatable bonds is 8. The van der Waals surface area contributed by atoms with Crippen molar-refractivity contribution in [2.45, 2.75) is 13.8 Å². The molecule has 0 aliphatic heterocycles. The normalized spacial score (nSPS) is 10.5. The summed E-state index contributed by atoms with van der Waals surface area (Å²) >= 11 is 1.56. The van der Waals surface area contributed by atoms with Crippen molar-refractivity contribution in [1.29, 1.82) is 0 Å². The number of amides is 1. The van der Waals surface area contributed by atoms with Crippen molar-refractivity contribution in [2.24, 2.45) is 5.73 Å². The lowest BCUT2D eigenvalue weighted by molar-refractivity contribution is -0.113. The maximum absolute atomic E-state index is 11.8. The Morgan fingerprint density at radius 3 is 2.89 bits per heavy atom. The number of hydrogen-bond acceptors (Lipinski definition) is 4. The third-order valence-electron chi connectivity index (χ3n) is 2.75. The predicted molar refractivity (Wildman–Crippen MR) is 81.7 cm³/mol. The van der Waals surface area contributed by atoms with Crippen LogP contribution in [0.15, 0.2) is 18.2 Å². The number of nitrogens with two attached hydrogens (primary N) is 1. The lowest BCUT2D eigenvalue weighted by Gasteiger charge is -2.10. The van der Waals surface area contributed by atoms with Gasteiger partial charge in [-0.1, -0.05) is 12.1 Å². The number of anilines is 1. The molecule has 3 N–H and O–H groups in total. The van der Waals surface area contributed by atoms with Crippen LogP contribution in [-0.2, 0) is 9.53 Å². The molecule has 0 saturated carbocycles. The van der Waals surface area contributed by atoms with Crippen LogP contribution in [0, 0.1) is 13.8 Å². The minimum atomic E-state index is 0.0255. The maximum Gasteiger partial charge on any atom is 0.234 e. The first-order valence-corrected chi connectivity index (χ1v) is 7.52. The van der Waals surface area contributed by atoms with Gasteiger partial charge in [-0.3, -0.25) is 4.79 Å². The number of aryl methyl sites for hydroxylation is 1. The van der Waals surface area contributed by atoms with E-state index in [0.717, 1.165) is 17.0 Å². The zero-order chi connectivity index (χ0) is 14.1. The zero-order valence-corrected chi connectivity index (χ0v) is 12.4. The summed E-state index contributed by atoms with van der Waals surface area (Å²) < 4.78 is 5.24. The number of carbonyl (C=O) groups is 1. The molecule has 19 heavy (non-hydrogen) atoms. The largest absolute Gasteiger partial charge is 0.379 e. The van der Waals surface area contributed by atoms with Crippen molar-refractivity contribution >= 4 is 23.4 Å². The van der Waals surface area contributed by atoms with Crippen LogP contribution in [-0.4, -0.2) is 37.2 Å². The van der Waals surface area contributed by atoms with E-state index in [4.69, 9.17) is 10.5 Å². The van der Waals surface area contributed by atoms with Gasteiger partial charge in [0.25, 0.3) is 0 Å². The molecule has 0 saturated heterocycles. The van der Waals surface area contributed by atoms with E-state index in [1.165, 1.54) is 5.56 Å². The Labute approximate surface area is 119 Å². The predicted octanol–water partition coefficient (Wildman–Crippen LogP) is 1.95. The van der Waals surface area contributed by atoms with Crippen molar-refractivity contribution in [1.82, 2.24) is 0 Å². The molecular weight excluding hydrogens is 260 g/mol. The highest BCUT2D eigenvalue weighted by molar-refractivity contribution is 7.99. The van der Waals surface area contributed by atoms with Gasteiger partial charge in [0.1, 0.15) is 0 Å². The minimum absolute atomic E-state index is 0.0255. The Morgan fingerprint density at radius 2 is 2.16 bits per heavy atom. The molecule has 106 valence electrons. The molecular formula is C14H22N2O2S. The molecule has 1 aromatic carbocycles. The van der Waals surface area contributed by atoms with E-state index in [1.807, 2.05) is 32.0 Å². The summed E-state index contributed by atoms with van der Waals surface area (Å²) in [6, 6.07) is 5.91. The summed E-state index contributed by atoms with van der Waals surface area (Å²) in [7, 11) is 0. The first kappa shape index (κ1) is 16.0. The monoisotopic (exact) mass is 282 g/mol. The van der Waals surface area contributed by atoms with Gasteiger partial charge in [0.05, 0.1) is 19.0 Å². The Morgan fingerprint density at radius 1 is 1.37 bits per heavy atom. The van der Waals surface area contributed by atoms with Crippen molar-refractivity contribution in [3.8, 4) is 0 Å². The Bertz CT molecular complexity index is 410. The van der Waals surface area contributed by atoms with E-state index in [9.17, 15) is 4.79 Å². The number of carbonyl (C=O) groups excluding carboxylic acids is 1. The average Bonchev–Trinajstić information content (AvgIpc) is 2.39. The fourth-order valence-electron chi connectivity index (χ4n) is 1.54. The van der Waals surface area contributed by atoms with Crippen LogP contribution in [0.25, 0.3) is 0 Å². The summed E-state index contributed by atoms with van der Waals surface area (Å²) in [6.07, 6.45) is 0. The Hall–Kier alpha value is -1.04. The van der Waals surface area contributed by atoms with E-state index >= 15 is 0 Å². The standard InChI is InChI=1S/C14H22N2O2S/c1-11-4-3-5-13(12(11)2)16-14(17)10-19-9-8-18-7-6-15/h3-5H,6-10,15H2,1-2H3,(H,16,17). The second kappa shape index (κ2) is 8.96. The van der Waals surface area contributed by atoms with Crippen molar-refractivity contribution in [2.75, 3.05) is 36.6 Å². The molecule has 0 spiro atoms. The van der Waals surface area contributed by atoms with Crippen molar-refractivity contribution in [3.63, 3.8) is 0 Å². The number of ether oxygens (including phenoxy) is 1. The molecule has 0 fully saturated rings. The fraction of sp³-hybridized carbons (Fsp3) is 0.500. The second-order valence-corrected chi connectivity index (χ2v) is 5.35. The van der Waals surface area contributed by atoms with Crippen molar-refractivity contribution in [3.05, 3.63) is 29.3 Å². The molecule has 0 bridgehead atoms. The summed E-state index contributed by atoms with van der Waals surface area (Å²) in [5.41, 5.74) is 8.50. The lowest BCUT2D eigenvalue weighted by atomic mass is 10.1. The summed E-state index contributed by atoms with van der Waals surface area (Å²) in [5.74, 6) is 1.28. The van der Waals surface area contributed by atoms with Crippen LogP contribution in [0.2, 0.25) is 0 Å². The molecule has 0 atom stereocenters. The molecule has 5 heteroatoms. The lowest BCUT2D eigenvalue weighted by Crippen LogP contribution is -2.16. The molecule has 4 nitrogen and oxygen atoms in total. The average molecular weight is 282 g/mol. The van der Waals surface area contributed by atoms with Crippen LogP contribution < -0.4 is 11.1 Å². The van der Waals surface area contributed by atoms with E-state index in [0.29, 0.717) is 25.5 Å². The van der Waals surface area contributed by atoms with Gasteiger partial charge in [-0.2, -0.15) is 0 Å². The van der Waals surface area contributed by atoms with E-state index in [2.05, 4.69) is 5.32 Å². The van der Waals surface area contributed by atoms with Gasteiger partial charge in [-0.05, 0) is 31.0 Å². The first-order valence-electron chi connectivity index (χ1n) is 6.36. The van der Waals surface area contributed by atoms with Gasteiger partial charge in [-0.15, -0.1) is 11.8 Å². The highest BCUT2D eigenvalue weighted by Gasteiger charge is 2.05. The number of benzene rings is 1. The van der Waals surface area contributed by atoms with Crippen LogP contribution in [0.3, 0.4) is 0 Å². The summed E-state index contributed by atoms with van der Waals surface area (Å²) in [4.78, 5) is 11.8. The zero-order valence-electron chi connectivity index (χ0n) is 11.6. The SMILES string of the molecule is Cc1cccc(NC(=O)CSCCOCCN)c1C. The molecule has 0 unspecified atom stereocenters. The molecule has 0 aromatic heterocycles. The van der Waals surface area contributed by atoms with E-state index < -0.39 is 0 Å². The Balaban J connectivity index is 2.26. The van der Waals surface area contributed by atoms with Crippen LogP contribution in [0.4, 0.5) is 5.69 Å². The molecule has 0 radical (unpaired) electrons. The van der Waals surface area contributed by atoms with Gasteiger partial charge in [0, 0.05) is 18.0 Å². The topological polar surface area (TPSA) is 64.3 Å². The van der Waals surface area contributed by atoms with E-state index in [1.54, 1.807) is 11.8 Å². The van der Waals surface area contributed by atoms with E-state index in [-0.39, 0.29) is 5.91 Å². The number of nitrogens with one attached hydrogen (secondary N) is 1. The van der Waals surface area contributed by atoms with Gasteiger partial charge in [-0.25, -0.2) is 0 Å². The van der Waals surface area contributed by atoms with Gasteiger partial charge in [0.15, 0.2) is 0 Å². The third-order valence-corrected chi connectivity index (χ3v) is 3.67.